The lowest BCUT2D eigenvalue weighted by Crippen LogP contribution is -2.41. The molecule has 1 saturated carbocycles. The van der Waals surface area contributed by atoms with Gasteiger partial charge in [0, 0.05) is 19.6 Å². The Morgan fingerprint density at radius 2 is 1.96 bits per heavy atom. The summed E-state index contributed by atoms with van der Waals surface area (Å²) in [6, 6.07) is 6.06. The third kappa shape index (κ3) is 4.51. The Hall–Kier alpha value is -2.45. The molecule has 2 fully saturated rings. The molecule has 154 valence electrons. The number of methoxy groups -OCH3 is 1. The van der Waals surface area contributed by atoms with Gasteiger partial charge in [-0.05, 0) is 41.9 Å². The fourth-order valence-electron chi connectivity index (χ4n) is 4.06. The second kappa shape index (κ2) is 7.89. The monoisotopic (exact) mass is 400 g/mol. The van der Waals surface area contributed by atoms with E-state index in [2.05, 4.69) is 14.8 Å². The first kappa shape index (κ1) is 20.3. The molecule has 2 amide bonds. The first-order valence-corrected chi connectivity index (χ1v) is 9.19. The van der Waals surface area contributed by atoms with Crippen molar-refractivity contribution >= 4 is 12.0 Å². The van der Waals surface area contributed by atoms with Gasteiger partial charge in [0.05, 0.1) is 13.0 Å². The first-order valence-electron chi connectivity index (χ1n) is 9.19. The summed E-state index contributed by atoms with van der Waals surface area (Å²) in [5.74, 6) is 0.0850. The van der Waals surface area contributed by atoms with Gasteiger partial charge < -0.3 is 19.7 Å². The quantitative estimate of drug-likeness (QED) is 0.797. The maximum Gasteiger partial charge on any atom is 0.573 e. The van der Waals surface area contributed by atoms with E-state index in [1.54, 1.807) is 17.0 Å². The number of likely N-dealkylation sites (tertiary alicyclic amines) is 1. The van der Waals surface area contributed by atoms with Crippen molar-refractivity contribution in [2.45, 2.75) is 25.6 Å². The predicted molar refractivity (Wildman–Crippen MR) is 93.6 cm³/mol. The van der Waals surface area contributed by atoms with Crippen LogP contribution in [0.2, 0.25) is 0 Å². The van der Waals surface area contributed by atoms with Crippen LogP contribution in [0.5, 0.6) is 5.75 Å². The van der Waals surface area contributed by atoms with E-state index in [-0.39, 0.29) is 41.9 Å². The van der Waals surface area contributed by atoms with Gasteiger partial charge in [0.15, 0.2) is 0 Å². The molecule has 3 rings (SSSR count). The molecule has 2 aliphatic rings. The van der Waals surface area contributed by atoms with Crippen LogP contribution in [0.1, 0.15) is 24.8 Å². The third-order valence-corrected chi connectivity index (χ3v) is 5.50. The Morgan fingerprint density at radius 3 is 2.54 bits per heavy atom. The molecule has 3 unspecified atom stereocenters. The second-order valence-electron chi connectivity index (χ2n) is 7.19. The fourth-order valence-corrected chi connectivity index (χ4v) is 4.06. The number of alkyl carbamates (subject to hydrolysis) is 1. The summed E-state index contributed by atoms with van der Waals surface area (Å²) in [4.78, 5) is 25.7. The van der Waals surface area contributed by atoms with E-state index in [9.17, 15) is 22.8 Å². The first-order chi connectivity index (χ1) is 13.2. The van der Waals surface area contributed by atoms with Crippen molar-refractivity contribution in [1.29, 1.82) is 0 Å². The normalized spacial score (nSPS) is 24.3. The summed E-state index contributed by atoms with van der Waals surface area (Å²) in [7, 11) is 1.26. The van der Waals surface area contributed by atoms with Crippen molar-refractivity contribution in [3.05, 3.63) is 29.8 Å². The number of rotatable bonds is 6. The lowest BCUT2D eigenvalue weighted by Gasteiger charge is -2.25. The fraction of sp³-hybridized carbons (Fsp3) is 0.579. The van der Waals surface area contributed by atoms with Crippen LogP contribution in [0.4, 0.5) is 18.0 Å². The molecule has 1 aromatic rings. The molecule has 0 radical (unpaired) electrons. The zero-order chi connectivity index (χ0) is 20.5. The Balaban J connectivity index is 1.56. The average molecular weight is 400 g/mol. The van der Waals surface area contributed by atoms with Crippen LogP contribution < -0.4 is 10.1 Å². The summed E-state index contributed by atoms with van der Waals surface area (Å²) in [5, 5.41) is 2.56. The summed E-state index contributed by atoms with van der Waals surface area (Å²) < 4.78 is 45.7. The van der Waals surface area contributed by atoms with Crippen molar-refractivity contribution in [2.75, 3.05) is 26.7 Å². The Kier molecular flexibility index (Phi) is 5.71. The zero-order valence-electron chi connectivity index (χ0n) is 15.7. The predicted octanol–water partition coefficient (Wildman–Crippen LogP) is 3.14. The molecule has 1 aliphatic heterocycles. The number of nitrogens with one attached hydrogen (secondary N) is 1. The lowest BCUT2D eigenvalue weighted by molar-refractivity contribution is -0.274. The van der Waals surface area contributed by atoms with Gasteiger partial charge in [-0.25, -0.2) is 4.79 Å². The highest BCUT2D eigenvalue weighted by Gasteiger charge is 2.57. The summed E-state index contributed by atoms with van der Waals surface area (Å²) in [5.41, 5.74) is 0.809. The molecule has 1 aliphatic carbocycles. The average Bonchev–Trinajstić information content (AvgIpc) is 3.14. The molecule has 1 heterocycles. The highest BCUT2D eigenvalue weighted by molar-refractivity contribution is 5.80. The van der Waals surface area contributed by atoms with Crippen molar-refractivity contribution in [1.82, 2.24) is 10.2 Å². The number of halogens is 3. The van der Waals surface area contributed by atoms with Crippen LogP contribution in [0.25, 0.3) is 0 Å². The van der Waals surface area contributed by atoms with Crippen LogP contribution >= 0.6 is 0 Å². The van der Waals surface area contributed by atoms with Crippen molar-refractivity contribution in [2.24, 2.45) is 17.8 Å². The van der Waals surface area contributed by atoms with E-state index in [4.69, 9.17) is 0 Å². The third-order valence-electron chi connectivity index (χ3n) is 5.50. The maximum atomic E-state index is 12.7. The minimum absolute atomic E-state index is 0.0148. The van der Waals surface area contributed by atoms with Gasteiger partial charge in [-0.15, -0.1) is 13.2 Å². The van der Waals surface area contributed by atoms with Gasteiger partial charge in [0.25, 0.3) is 0 Å². The SMILES string of the molecule is CCC(CNC(=O)OC)C(=O)N1CC2C(C1)C2c1cccc(OC(F)(F)F)c1. The number of carbonyl (C=O) groups is 2. The number of fused-ring (bicyclic) bond motifs is 1. The number of hydrogen-bond donors (Lipinski definition) is 1. The molecule has 1 N–H and O–H groups in total. The van der Waals surface area contributed by atoms with Gasteiger partial charge >= 0.3 is 12.5 Å². The molecular weight excluding hydrogens is 377 g/mol. The van der Waals surface area contributed by atoms with Crippen LogP contribution in [-0.2, 0) is 9.53 Å². The van der Waals surface area contributed by atoms with E-state index in [0.717, 1.165) is 5.56 Å². The van der Waals surface area contributed by atoms with Gasteiger partial charge in [-0.3, -0.25) is 4.79 Å². The highest BCUT2D eigenvalue weighted by atomic mass is 19.4. The molecule has 28 heavy (non-hydrogen) atoms. The molecule has 1 aromatic carbocycles. The van der Waals surface area contributed by atoms with E-state index >= 15 is 0 Å². The number of carbonyl (C=O) groups excluding carboxylic acids is 2. The van der Waals surface area contributed by atoms with E-state index in [0.29, 0.717) is 19.5 Å². The van der Waals surface area contributed by atoms with Gasteiger partial charge in [0.2, 0.25) is 5.91 Å². The number of piperidine rings is 1. The minimum atomic E-state index is -4.71. The zero-order valence-corrected chi connectivity index (χ0v) is 15.7. The number of hydrogen-bond acceptors (Lipinski definition) is 4. The molecule has 9 heteroatoms. The topological polar surface area (TPSA) is 67.9 Å². The Labute approximate surface area is 161 Å². The lowest BCUT2D eigenvalue weighted by atomic mass is 10.0. The van der Waals surface area contributed by atoms with Crippen molar-refractivity contribution in [3.63, 3.8) is 0 Å². The van der Waals surface area contributed by atoms with Crippen molar-refractivity contribution < 1.29 is 32.2 Å². The number of amides is 2. The van der Waals surface area contributed by atoms with E-state index < -0.39 is 12.5 Å². The van der Waals surface area contributed by atoms with Crippen LogP contribution in [0, 0.1) is 17.8 Å². The Bertz CT molecular complexity index is 728. The molecule has 1 saturated heterocycles. The minimum Gasteiger partial charge on any atom is -0.453 e. The van der Waals surface area contributed by atoms with Gasteiger partial charge in [-0.1, -0.05) is 19.1 Å². The van der Waals surface area contributed by atoms with E-state index in [1.165, 1.54) is 19.2 Å². The van der Waals surface area contributed by atoms with Crippen LogP contribution in [0.3, 0.4) is 0 Å². The molecule has 0 spiro atoms. The number of alkyl halides is 3. The van der Waals surface area contributed by atoms with Crippen LogP contribution in [0.15, 0.2) is 24.3 Å². The molecule has 6 nitrogen and oxygen atoms in total. The standard InChI is InChI=1S/C19H23F3N2O4/c1-3-11(8-23-18(26)27-2)17(25)24-9-14-15(10-24)16(14)12-5-4-6-13(7-12)28-19(20,21)22/h4-7,11,14-16H,3,8-10H2,1-2H3,(H,23,26). The van der Waals surface area contributed by atoms with Gasteiger partial charge in [-0.2, -0.15) is 0 Å². The smallest absolute Gasteiger partial charge is 0.453 e. The number of benzene rings is 1. The largest absolute Gasteiger partial charge is 0.573 e. The molecule has 0 aromatic heterocycles. The molecule has 0 bridgehead atoms. The Morgan fingerprint density at radius 1 is 1.29 bits per heavy atom. The highest BCUT2D eigenvalue weighted by Crippen LogP contribution is 2.58. The number of ether oxygens (including phenoxy) is 2. The summed E-state index contributed by atoms with van der Waals surface area (Å²) in [6.45, 7) is 3.25. The molecule has 3 atom stereocenters. The van der Waals surface area contributed by atoms with Gasteiger partial charge in [0.1, 0.15) is 5.75 Å². The number of nitrogens with zero attached hydrogens (tertiary/aromatic N) is 1. The van der Waals surface area contributed by atoms with Crippen molar-refractivity contribution in [3.8, 4) is 5.75 Å². The van der Waals surface area contributed by atoms with Crippen LogP contribution in [-0.4, -0.2) is 50.0 Å². The maximum absolute atomic E-state index is 12.7. The summed E-state index contributed by atoms with van der Waals surface area (Å²) in [6.07, 6.45) is -4.69. The van der Waals surface area contributed by atoms with E-state index in [1.807, 2.05) is 6.92 Å². The summed E-state index contributed by atoms with van der Waals surface area (Å²) >= 11 is 0. The molecular formula is C19H23F3N2O4. The second-order valence-corrected chi connectivity index (χ2v) is 7.19.